The Labute approximate surface area is 117 Å². The van der Waals surface area contributed by atoms with E-state index in [0.29, 0.717) is 23.1 Å². The highest BCUT2D eigenvalue weighted by atomic mass is 79.9. The second-order valence-electron chi connectivity index (χ2n) is 4.04. The third-order valence-corrected chi connectivity index (χ3v) is 3.45. The summed E-state index contributed by atoms with van der Waals surface area (Å²) in [5, 5.41) is 10.7. The highest BCUT2D eigenvalue weighted by Crippen LogP contribution is 2.28. The number of aromatic nitrogens is 4. The summed E-state index contributed by atoms with van der Waals surface area (Å²) in [7, 11) is 0. The van der Waals surface area contributed by atoms with Crippen LogP contribution in [-0.2, 0) is 0 Å². The molecule has 2 heterocycles. The van der Waals surface area contributed by atoms with Crippen LogP contribution in [0.4, 0.5) is 5.69 Å². The molecule has 0 fully saturated rings. The number of H-pyrrole nitrogens is 1. The SMILES string of the molecule is Cc1c(N)cccc1-c1noc(-c2[nH]ncc2Br)n1. The molecule has 0 spiro atoms. The molecule has 0 unspecified atom stereocenters. The maximum Gasteiger partial charge on any atom is 0.277 e. The van der Waals surface area contributed by atoms with Gasteiger partial charge in [-0.2, -0.15) is 10.1 Å². The summed E-state index contributed by atoms with van der Waals surface area (Å²) in [5.74, 6) is 0.877. The van der Waals surface area contributed by atoms with Crippen LogP contribution in [0.3, 0.4) is 0 Å². The monoisotopic (exact) mass is 319 g/mol. The van der Waals surface area contributed by atoms with E-state index in [1.54, 1.807) is 6.20 Å². The lowest BCUT2D eigenvalue weighted by atomic mass is 10.1. The van der Waals surface area contributed by atoms with E-state index >= 15 is 0 Å². The minimum atomic E-state index is 0.376. The van der Waals surface area contributed by atoms with E-state index in [1.165, 1.54) is 0 Å². The van der Waals surface area contributed by atoms with E-state index in [-0.39, 0.29) is 0 Å². The lowest BCUT2D eigenvalue weighted by molar-refractivity contribution is 0.430. The fourth-order valence-corrected chi connectivity index (χ4v) is 2.11. The van der Waals surface area contributed by atoms with Crippen LogP contribution in [0.25, 0.3) is 23.0 Å². The molecule has 3 N–H and O–H groups in total. The van der Waals surface area contributed by atoms with Crippen LogP contribution in [0.5, 0.6) is 0 Å². The van der Waals surface area contributed by atoms with Gasteiger partial charge in [0, 0.05) is 11.3 Å². The molecular formula is C12H10BrN5O. The van der Waals surface area contributed by atoms with Gasteiger partial charge in [0.15, 0.2) is 0 Å². The van der Waals surface area contributed by atoms with Crippen molar-refractivity contribution in [2.45, 2.75) is 6.92 Å². The number of nitrogens with zero attached hydrogens (tertiary/aromatic N) is 3. The molecule has 3 rings (SSSR count). The molecule has 2 aromatic heterocycles. The predicted octanol–water partition coefficient (Wildman–Crippen LogP) is 2.78. The van der Waals surface area contributed by atoms with Gasteiger partial charge in [0.2, 0.25) is 5.82 Å². The molecular weight excluding hydrogens is 310 g/mol. The predicted molar refractivity (Wildman–Crippen MR) is 74.2 cm³/mol. The van der Waals surface area contributed by atoms with Crippen LogP contribution in [0.2, 0.25) is 0 Å². The summed E-state index contributed by atoms with van der Waals surface area (Å²) in [4.78, 5) is 4.35. The van der Waals surface area contributed by atoms with Crippen molar-refractivity contribution < 1.29 is 4.52 Å². The van der Waals surface area contributed by atoms with Crippen molar-refractivity contribution in [3.05, 3.63) is 34.4 Å². The van der Waals surface area contributed by atoms with Crippen LogP contribution in [0.15, 0.2) is 33.4 Å². The van der Waals surface area contributed by atoms with Crippen molar-refractivity contribution in [3.8, 4) is 23.0 Å². The first-order chi connectivity index (χ1) is 9.16. The molecule has 0 amide bonds. The first-order valence-corrected chi connectivity index (χ1v) is 6.34. The molecule has 0 atom stereocenters. The number of halogens is 1. The van der Waals surface area contributed by atoms with Crippen molar-refractivity contribution in [1.82, 2.24) is 20.3 Å². The zero-order chi connectivity index (χ0) is 13.4. The minimum absolute atomic E-state index is 0.376. The third kappa shape index (κ3) is 2.01. The fourth-order valence-electron chi connectivity index (χ4n) is 1.75. The number of nitrogens with one attached hydrogen (secondary N) is 1. The Morgan fingerprint density at radius 1 is 1.37 bits per heavy atom. The number of nitrogen functional groups attached to an aromatic ring is 1. The molecule has 0 aliphatic rings. The summed E-state index contributed by atoms with van der Waals surface area (Å²) in [6.45, 7) is 1.92. The molecule has 19 heavy (non-hydrogen) atoms. The normalized spacial score (nSPS) is 10.8. The van der Waals surface area contributed by atoms with Gasteiger partial charge >= 0.3 is 0 Å². The Bertz CT molecular complexity index is 733. The molecule has 1 aromatic carbocycles. The zero-order valence-electron chi connectivity index (χ0n) is 10.0. The molecule has 0 aliphatic carbocycles. The second-order valence-corrected chi connectivity index (χ2v) is 4.89. The quantitative estimate of drug-likeness (QED) is 0.708. The Kier molecular flexibility index (Phi) is 2.83. The highest BCUT2D eigenvalue weighted by Gasteiger charge is 2.16. The zero-order valence-corrected chi connectivity index (χ0v) is 11.6. The molecule has 6 nitrogen and oxygen atoms in total. The largest absolute Gasteiger partial charge is 0.398 e. The third-order valence-electron chi connectivity index (χ3n) is 2.85. The van der Waals surface area contributed by atoms with Crippen LogP contribution in [0, 0.1) is 6.92 Å². The van der Waals surface area contributed by atoms with E-state index in [2.05, 4.69) is 36.3 Å². The lowest BCUT2D eigenvalue weighted by Gasteiger charge is -2.03. The summed E-state index contributed by atoms with van der Waals surface area (Å²) >= 11 is 3.35. The van der Waals surface area contributed by atoms with Crippen molar-refractivity contribution in [2.24, 2.45) is 0 Å². The van der Waals surface area contributed by atoms with Crippen LogP contribution in [0.1, 0.15) is 5.56 Å². The van der Waals surface area contributed by atoms with Gasteiger partial charge in [-0.25, -0.2) is 0 Å². The molecule has 7 heteroatoms. The number of nitrogens with two attached hydrogens (primary N) is 1. The summed E-state index contributed by atoms with van der Waals surface area (Å²) in [6.07, 6.45) is 1.63. The van der Waals surface area contributed by atoms with Gasteiger partial charge in [0.05, 0.1) is 10.7 Å². The smallest absolute Gasteiger partial charge is 0.277 e. The summed E-state index contributed by atoms with van der Waals surface area (Å²) in [5.41, 5.74) is 9.01. The molecule has 0 saturated carbocycles. The van der Waals surface area contributed by atoms with Gasteiger partial charge in [-0.3, -0.25) is 5.10 Å². The Morgan fingerprint density at radius 2 is 2.21 bits per heavy atom. The second kappa shape index (κ2) is 4.51. The van der Waals surface area contributed by atoms with Gasteiger partial charge < -0.3 is 10.3 Å². The summed E-state index contributed by atoms with van der Waals surface area (Å²) < 4.78 is 6.01. The molecule has 3 aromatic rings. The van der Waals surface area contributed by atoms with Gasteiger partial charge in [0.1, 0.15) is 5.69 Å². The standard InChI is InChI=1S/C12H10BrN5O/c1-6-7(3-2-4-9(6)14)11-16-12(19-18-11)10-8(13)5-15-17-10/h2-5H,14H2,1H3,(H,15,17). The van der Waals surface area contributed by atoms with E-state index < -0.39 is 0 Å². The lowest BCUT2D eigenvalue weighted by Crippen LogP contribution is -1.93. The Morgan fingerprint density at radius 3 is 2.95 bits per heavy atom. The molecule has 96 valence electrons. The average molecular weight is 320 g/mol. The van der Waals surface area contributed by atoms with Gasteiger partial charge in [0.25, 0.3) is 5.89 Å². The number of benzene rings is 1. The number of aromatic amines is 1. The number of rotatable bonds is 2. The van der Waals surface area contributed by atoms with Gasteiger partial charge in [-0.15, -0.1) is 0 Å². The van der Waals surface area contributed by atoms with Crippen molar-refractivity contribution in [1.29, 1.82) is 0 Å². The van der Waals surface area contributed by atoms with Crippen molar-refractivity contribution in [3.63, 3.8) is 0 Å². The first-order valence-electron chi connectivity index (χ1n) is 5.55. The van der Waals surface area contributed by atoms with E-state index in [9.17, 15) is 0 Å². The Hall–Kier alpha value is -2.15. The van der Waals surface area contributed by atoms with Crippen LogP contribution >= 0.6 is 15.9 Å². The van der Waals surface area contributed by atoms with Crippen molar-refractivity contribution in [2.75, 3.05) is 5.73 Å². The fraction of sp³-hybridized carbons (Fsp3) is 0.0833. The number of hydrogen-bond acceptors (Lipinski definition) is 5. The van der Waals surface area contributed by atoms with E-state index in [4.69, 9.17) is 10.3 Å². The first kappa shape index (κ1) is 11.9. The molecule has 0 bridgehead atoms. The molecule has 0 aliphatic heterocycles. The van der Waals surface area contributed by atoms with Crippen LogP contribution in [-0.4, -0.2) is 20.3 Å². The maximum atomic E-state index is 5.87. The van der Waals surface area contributed by atoms with E-state index in [1.807, 2.05) is 25.1 Å². The Balaban J connectivity index is 2.07. The van der Waals surface area contributed by atoms with E-state index in [0.717, 1.165) is 15.6 Å². The maximum absolute atomic E-state index is 5.87. The molecule has 0 radical (unpaired) electrons. The highest BCUT2D eigenvalue weighted by molar-refractivity contribution is 9.10. The number of hydrogen-bond donors (Lipinski definition) is 2. The average Bonchev–Trinajstić information content (AvgIpc) is 3.01. The number of anilines is 1. The van der Waals surface area contributed by atoms with Crippen molar-refractivity contribution >= 4 is 21.6 Å². The molecule has 0 saturated heterocycles. The van der Waals surface area contributed by atoms with Gasteiger partial charge in [-0.1, -0.05) is 17.3 Å². The summed E-state index contributed by atoms with van der Waals surface area (Å²) in [6, 6.07) is 5.60. The topological polar surface area (TPSA) is 93.6 Å². The van der Waals surface area contributed by atoms with Gasteiger partial charge in [-0.05, 0) is 34.5 Å². The van der Waals surface area contributed by atoms with Crippen LogP contribution < -0.4 is 5.73 Å². The minimum Gasteiger partial charge on any atom is -0.398 e.